The van der Waals surface area contributed by atoms with Gasteiger partial charge in [-0.15, -0.1) is 0 Å². The summed E-state index contributed by atoms with van der Waals surface area (Å²) in [6.07, 6.45) is 0. The lowest BCUT2D eigenvalue weighted by atomic mass is 10.0. The van der Waals surface area contributed by atoms with Crippen molar-refractivity contribution < 1.29 is 14.3 Å². The molecule has 0 radical (unpaired) electrons. The molecule has 1 N–H and O–H groups in total. The summed E-state index contributed by atoms with van der Waals surface area (Å²) in [6.45, 7) is 10.3. The Labute approximate surface area is 172 Å². The summed E-state index contributed by atoms with van der Waals surface area (Å²) in [5.41, 5.74) is 5.91. The molecule has 0 unspecified atom stereocenters. The van der Waals surface area contributed by atoms with Crippen molar-refractivity contribution in [1.29, 1.82) is 0 Å². The van der Waals surface area contributed by atoms with Crippen molar-refractivity contribution in [2.24, 2.45) is 0 Å². The first kappa shape index (κ1) is 19.7. The van der Waals surface area contributed by atoms with E-state index in [1.807, 2.05) is 38.1 Å². The zero-order valence-corrected chi connectivity index (χ0v) is 17.2. The average molecular weight is 396 g/mol. The molecule has 154 valence electrons. The molecule has 0 aliphatic carbocycles. The van der Waals surface area contributed by atoms with Crippen molar-refractivity contribution in [2.45, 2.75) is 13.8 Å². The second-order valence-electron chi connectivity index (χ2n) is 7.60. The third-order valence-corrected chi connectivity index (χ3v) is 5.81. The van der Waals surface area contributed by atoms with Crippen LogP contribution in [-0.2, 0) is 9.47 Å². The van der Waals surface area contributed by atoms with Gasteiger partial charge in [0.15, 0.2) is 0 Å². The van der Waals surface area contributed by atoms with Crippen molar-refractivity contribution in [3.63, 3.8) is 0 Å². The van der Waals surface area contributed by atoms with Gasteiger partial charge in [0.2, 0.25) is 0 Å². The van der Waals surface area contributed by atoms with Crippen LogP contribution in [-0.4, -0.2) is 58.5 Å². The molecule has 2 fully saturated rings. The summed E-state index contributed by atoms with van der Waals surface area (Å²) in [7, 11) is 0. The summed E-state index contributed by atoms with van der Waals surface area (Å²) < 4.78 is 11.0. The van der Waals surface area contributed by atoms with Gasteiger partial charge in [-0.25, -0.2) is 0 Å². The van der Waals surface area contributed by atoms with E-state index in [1.54, 1.807) is 0 Å². The van der Waals surface area contributed by atoms with E-state index in [0.29, 0.717) is 13.2 Å². The number of nitrogens with zero attached hydrogens (tertiary/aromatic N) is 2. The first-order valence-corrected chi connectivity index (χ1v) is 10.3. The summed E-state index contributed by atoms with van der Waals surface area (Å²) in [4.78, 5) is 17.7. The molecule has 0 saturated carbocycles. The van der Waals surface area contributed by atoms with Gasteiger partial charge in [0.25, 0.3) is 5.91 Å². The summed E-state index contributed by atoms with van der Waals surface area (Å²) in [5.74, 6) is -0.0696. The van der Waals surface area contributed by atoms with E-state index < -0.39 is 0 Å². The zero-order valence-electron chi connectivity index (χ0n) is 17.2. The lowest BCUT2D eigenvalue weighted by molar-refractivity contribution is 0.102. The number of aryl methyl sites for hydroxylation is 1. The molecule has 1 amide bonds. The van der Waals surface area contributed by atoms with Crippen LogP contribution in [0.15, 0.2) is 36.4 Å². The number of anilines is 3. The lowest BCUT2D eigenvalue weighted by Crippen LogP contribution is -2.38. The molecule has 0 spiro atoms. The Kier molecular flexibility index (Phi) is 6.02. The molecule has 2 heterocycles. The first-order valence-electron chi connectivity index (χ1n) is 10.3. The average Bonchev–Trinajstić information content (AvgIpc) is 2.77. The van der Waals surface area contributed by atoms with Crippen LogP contribution in [0, 0.1) is 13.8 Å². The molecule has 2 aromatic rings. The number of benzene rings is 2. The van der Waals surface area contributed by atoms with Gasteiger partial charge in [-0.2, -0.15) is 0 Å². The lowest BCUT2D eigenvalue weighted by Gasteiger charge is -2.33. The van der Waals surface area contributed by atoms with Gasteiger partial charge >= 0.3 is 0 Å². The number of ether oxygens (including phenoxy) is 2. The van der Waals surface area contributed by atoms with E-state index in [-0.39, 0.29) is 5.91 Å². The Hall–Kier alpha value is -2.57. The van der Waals surface area contributed by atoms with Crippen molar-refractivity contribution in [3.8, 4) is 0 Å². The van der Waals surface area contributed by atoms with E-state index in [2.05, 4.69) is 27.2 Å². The van der Waals surface area contributed by atoms with Crippen LogP contribution in [0.4, 0.5) is 17.1 Å². The molecular formula is C23H29N3O3. The fourth-order valence-corrected chi connectivity index (χ4v) is 3.90. The summed E-state index contributed by atoms with van der Waals surface area (Å²) in [6, 6.07) is 12.2. The standard InChI is InChI=1S/C23H29N3O3/c1-17-4-3-5-20(18(17)2)23(27)24-21-7-6-19(25-8-12-28-13-9-25)16-22(21)26-10-14-29-15-11-26/h3-7,16H,8-15H2,1-2H3,(H,24,27). The monoisotopic (exact) mass is 395 g/mol. The second-order valence-corrected chi connectivity index (χ2v) is 7.60. The maximum atomic E-state index is 13.0. The van der Waals surface area contributed by atoms with Crippen molar-refractivity contribution in [2.75, 3.05) is 67.7 Å². The normalized spacial score (nSPS) is 17.3. The SMILES string of the molecule is Cc1cccc(C(=O)Nc2ccc(N3CCOCC3)cc2N2CCOCC2)c1C. The van der Waals surface area contributed by atoms with Crippen molar-refractivity contribution in [3.05, 3.63) is 53.1 Å². The van der Waals surface area contributed by atoms with Crippen LogP contribution in [0.25, 0.3) is 0 Å². The van der Waals surface area contributed by atoms with Gasteiger partial charge in [-0.05, 0) is 49.2 Å². The molecule has 2 aliphatic rings. The highest BCUT2D eigenvalue weighted by molar-refractivity contribution is 6.07. The van der Waals surface area contributed by atoms with E-state index in [0.717, 1.165) is 67.5 Å². The van der Waals surface area contributed by atoms with Crippen LogP contribution in [0.1, 0.15) is 21.5 Å². The molecule has 29 heavy (non-hydrogen) atoms. The number of carbonyl (C=O) groups is 1. The fourth-order valence-electron chi connectivity index (χ4n) is 3.90. The summed E-state index contributed by atoms with van der Waals surface area (Å²) >= 11 is 0. The van der Waals surface area contributed by atoms with Crippen LogP contribution >= 0.6 is 0 Å². The fraction of sp³-hybridized carbons (Fsp3) is 0.435. The number of amides is 1. The Morgan fingerprint density at radius 1 is 0.897 bits per heavy atom. The first-order chi connectivity index (χ1) is 14.1. The smallest absolute Gasteiger partial charge is 0.255 e. The Morgan fingerprint density at radius 2 is 1.55 bits per heavy atom. The van der Waals surface area contributed by atoms with E-state index >= 15 is 0 Å². The molecular weight excluding hydrogens is 366 g/mol. The highest BCUT2D eigenvalue weighted by Gasteiger charge is 2.20. The molecule has 6 heteroatoms. The minimum absolute atomic E-state index is 0.0696. The van der Waals surface area contributed by atoms with Gasteiger partial charge in [-0.3, -0.25) is 4.79 Å². The summed E-state index contributed by atoms with van der Waals surface area (Å²) in [5, 5.41) is 3.16. The van der Waals surface area contributed by atoms with Crippen LogP contribution in [0.3, 0.4) is 0 Å². The minimum Gasteiger partial charge on any atom is -0.378 e. The number of morpholine rings is 2. The predicted molar refractivity (Wildman–Crippen MR) is 116 cm³/mol. The maximum Gasteiger partial charge on any atom is 0.255 e. The van der Waals surface area contributed by atoms with E-state index in [1.165, 1.54) is 5.69 Å². The molecule has 4 rings (SSSR count). The molecule has 0 bridgehead atoms. The van der Waals surface area contributed by atoms with Crippen molar-refractivity contribution >= 4 is 23.0 Å². The van der Waals surface area contributed by atoms with Gasteiger partial charge in [-0.1, -0.05) is 12.1 Å². The number of rotatable bonds is 4. The molecule has 0 aromatic heterocycles. The van der Waals surface area contributed by atoms with Gasteiger partial charge in [0.05, 0.1) is 37.8 Å². The topological polar surface area (TPSA) is 54.0 Å². The molecule has 2 aliphatic heterocycles. The quantitative estimate of drug-likeness (QED) is 0.861. The van der Waals surface area contributed by atoms with Crippen LogP contribution < -0.4 is 15.1 Å². The maximum absolute atomic E-state index is 13.0. The number of hydrogen-bond donors (Lipinski definition) is 1. The Bertz CT molecular complexity index is 872. The number of hydrogen-bond acceptors (Lipinski definition) is 5. The molecule has 6 nitrogen and oxygen atoms in total. The predicted octanol–water partition coefficient (Wildman–Crippen LogP) is 3.23. The molecule has 2 saturated heterocycles. The van der Waals surface area contributed by atoms with Crippen LogP contribution in [0.5, 0.6) is 0 Å². The number of carbonyl (C=O) groups excluding carboxylic acids is 1. The highest BCUT2D eigenvalue weighted by atomic mass is 16.5. The Morgan fingerprint density at radius 3 is 2.24 bits per heavy atom. The molecule has 2 aromatic carbocycles. The largest absolute Gasteiger partial charge is 0.378 e. The highest BCUT2D eigenvalue weighted by Crippen LogP contribution is 2.32. The zero-order chi connectivity index (χ0) is 20.2. The third kappa shape index (κ3) is 4.38. The van der Waals surface area contributed by atoms with Gasteiger partial charge in [0, 0.05) is 37.4 Å². The van der Waals surface area contributed by atoms with Crippen molar-refractivity contribution in [1.82, 2.24) is 0 Å². The third-order valence-electron chi connectivity index (χ3n) is 5.81. The minimum atomic E-state index is -0.0696. The number of nitrogens with one attached hydrogen (secondary N) is 1. The van der Waals surface area contributed by atoms with Crippen LogP contribution in [0.2, 0.25) is 0 Å². The molecule has 0 atom stereocenters. The van der Waals surface area contributed by atoms with E-state index in [9.17, 15) is 4.79 Å². The van der Waals surface area contributed by atoms with Gasteiger partial charge < -0.3 is 24.6 Å². The van der Waals surface area contributed by atoms with Gasteiger partial charge in [0.1, 0.15) is 0 Å². The second kappa shape index (κ2) is 8.84. The van der Waals surface area contributed by atoms with E-state index in [4.69, 9.17) is 9.47 Å². The Balaban J connectivity index is 1.64.